The number of benzene rings is 1. The van der Waals surface area contributed by atoms with E-state index >= 15 is 0 Å². The minimum atomic E-state index is 0.144. The zero-order valence-electron chi connectivity index (χ0n) is 11.2. The molecular weight excluding hydrogens is 242 g/mol. The van der Waals surface area contributed by atoms with Crippen molar-refractivity contribution in [3.05, 3.63) is 35.4 Å². The monoisotopic (exact) mass is 263 g/mol. The van der Waals surface area contributed by atoms with Crippen molar-refractivity contribution in [3.8, 4) is 0 Å². The standard InChI is InChI=1S/C14H21N3O2/c1-17(13-6-3-7-19-10-13)9-11-4-2-5-12(8-11)14(15)16-18/h2,4-5,8,13,18H,3,6-7,9-10H2,1H3,(H2,15,16). The maximum Gasteiger partial charge on any atom is 0.170 e. The van der Waals surface area contributed by atoms with Gasteiger partial charge in [-0.3, -0.25) is 4.90 Å². The molecular formula is C14H21N3O2. The number of hydrogen-bond donors (Lipinski definition) is 2. The third-order valence-corrected chi connectivity index (χ3v) is 3.52. The van der Waals surface area contributed by atoms with Crippen molar-refractivity contribution >= 4 is 5.84 Å². The van der Waals surface area contributed by atoms with Gasteiger partial charge in [-0.1, -0.05) is 23.4 Å². The van der Waals surface area contributed by atoms with Crippen LogP contribution in [0.1, 0.15) is 24.0 Å². The summed E-state index contributed by atoms with van der Waals surface area (Å²) in [7, 11) is 2.11. The normalized spacial score (nSPS) is 20.7. The van der Waals surface area contributed by atoms with E-state index in [1.54, 1.807) is 0 Å². The molecule has 5 nitrogen and oxygen atoms in total. The van der Waals surface area contributed by atoms with Gasteiger partial charge >= 0.3 is 0 Å². The Morgan fingerprint density at radius 2 is 2.42 bits per heavy atom. The van der Waals surface area contributed by atoms with Crippen molar-refractivity contribution in [3.63, 3.8) is 0 Å². The van der Waals surface area contributed by atoms with Crippen LogP contribution in [0.2, 0.25) is 0 Å². The van der Waals surface area contributed by atoms with Crippen LogP contribution in [0.3, 0.4) is 0 Å². The van der Waals surface area contributed by atoms with Crippen LogP contribution in [-0.2, 0) is 11.3 Å². The molecule has 0 bridgehead atoms. The van der Waals surface area contributed by atoms with Gasteiger partial charge < -0.3 is 15.7 Å². The highest BCUT2D eigenvalue weighted by Gasteiger charge is 2.18. The minimum absolute atomic E-state index is 0.144. The largest absolute Gasteiger partial charge is 0.409 e. The number of nitrogens with two attached hydrogens (primary N) is 1. The SMILES string of the molecule is CN(Cc1cccc(/C(N)=N/O)c1)C1CCCOC1. The molecule has 1 aromatic carbocycles. The topological polar surface area (TPSA) is 71.1 Å². The van der Waals surface area contributed by atoms with Gasteiger partial charge in [0.2, 0.25) is 0 Å². The van der Waals surface area contributed by atoms with E-state index in [2.05, 4.69) is 17.1 Å². The Hall–Kier alpha value is -1.59. The summed E-state index contributed by atoms with van der Waals surface area (Å²) in [6, 6.07) is 8.24. The van der Waals surface area contributed by atoms with E-state index in [1.165, 1.54) is 6.42 Å². The van der Waals surface area contributed by atoms with Crippen LogP contribution in [-0.4, -0.2) is 42.2 Å². The molecule has 1 aliphatic heterocycles. The van der Waals surface area contributed by atoms with Crippen molar-refractivity contribution in [2.75, 3.05) is 20.3 Å². The van der Waals surface area contributed by atoms with Crippen LogP contribution in [0.15, 0.2) is 29.4 Å². The number of amidine groups is 1. The molecule has 19 heavy (non-hydrogen) atoms. The lowest BCUT2D eigenvalue weighted by Crippen LogP contribution is -2.38. The molecule has 0 aromatic heterocycles. The number of oxime groups is 1. The summed E-state index contributed by atoms with van der Waals surface area (Å²) >= 11 is 0. The van der Waals surface area contributed by atoms with E-state index in [0.29, 0.717) is 6.04 Å². The summed E-state index contributed by atoms with van der Waals surface area (Å²) in [6.45, 7) is 2.51. The first-order valence-corrected chi connectivity index (χ1v) is 6.55. The Labute approximate surface area is 113 Å². The summed E-state index contributed by atoms with van der Waals surface area (Å²) in [5.41, 5.74) is 7.50. The van der Waals surface area contributed by atoms with Crippen LogP contribution in [0.25, 0.3) is 0 Å². The number of nitrogens with zero attached hydrogens (tertiary/aromatic N) is 2. The quantitative estimate of drug-likeness (QED) is 0.373. The van der Waals surface area contributed by atoms with Gasteiger partial charge in [-0.15, -0.1) is 0 Å². The fourth-order valence-corrected chi connectivity index (χ4v) is 2.38. The molecule has 1 saturated heterocycles. The van der Waals surface area contributed by atoms with Gasteiger partial charge in [-0.25, -0.2) is 0 Å². The van der Waals surface area contributed by atoms with Crippen molar-refractivity contribution < 1.29 is 9.94 Å². The van der Waals surface area contributed by atoms with Crippen LogP contribution < -0.4 is 5.73 Å². The van der Waals surface area contributed by atoms with Crippen LogP contribution in [0.5, 0.6) is 0 Å². The van der Waals surface area contributed by atoms with E-state index in [1.807, 2.05) is 24.3 Å². The fourth-order valence-electron chi connectivity index (χ4n) is 2.38. The molecule has 5 heteroatoms. The Balaban J connectivity index is 2.02. The predicted octanol–water partition coefficient (Wildman–Crippen LogP) is 1.39. The molecule has 3 N–H and O–H groups in total. The summed E-state index contributed by atoms with van der Waals surface area (Å²) in [6.07, 6.45) is 2.30. The molecule has 2 rings (SSSR count). The Morgan fingerprint density at radius 3 is 3.11 bits per heavy atom. The average molecular weight is 263 g/mol. The third kappa shape index (κ3) is 3.68. The Morgan fingerprint density at radius 1 is 1.58 bits per heavy atom. The number of likely N-dealkylation sites (N-methyl/N-ethyl adjacent to an activating group) is 1. The first-order valence-electron chi connectivity index (χ1n) is 6.55. The summed E-state index contributed by atoms with van der Waals surface area (Å²) in [5.74, 6) is 0.144. The Bertz CT molecular complexity index is 442. The fraction of sp³-hybridized carbons (Fsp3) is 0.500. The van der Waals surface area contributed by atoms with Crippen LogP contribution >= 0.6 is 0 Å². The van der Waals surface area contributed by atoms with Gasteiger partial charge in [-0.2, -0.15) is 0 Å². The predicted molar refractivity (Wildman–Crippen MR) is 74.3 cm³/mol. The van der Waals surface area contributed by atoms with Gasteiger partial charge in [0.05, 0.1) is 6.61 Å². The second-order valence-corrected chi connectivity index (χ2v) is 4.97. The third-order valence-electron chi connectivity index (χ3n) is 3.52. The van der Waals surface area contributed by atoms with Crippen LogP contribution in [0.4, 0.5) is 0 Å². The van der Waals surface area contributed by atoms with Gasteiger partial charge in [0.15, 0.2) is 5.84 Å². The molecule has 1 fully saturated rings. The van der Waals surface area contributed by atoms with E-state index in [9.17, 15) is 0 Å². The van der Waals surface area contributed by atoms with Crippen molar-refractivity contribution in [2.24, 2.45) is 10.9 Å². The smallest absolute Gasteiger partial charge is 0.170 e. The lowest BCUT2D eigenvalue weighted by molar-refractivity contribution is 0.0250. The Kier molecular flexibility index (Phi) is 4.76. The van der Waals surface area contributed by atoms with Gasteiger partial charge in [0, 0.05) is 24.8 Å². The highest BCUT2D eigenvalue weighted by molar-refractivity contribution is 5.97. The minimum Gasteiger partial charge on any atom is -0.409 e. The van der Waals surface area contributed by atoms with E-state index in [0.717, 1.165) is 37.3 Å². The van der Waals surface area contributed by atoms with Crippen molar-refractivity contribution in [1.29, 1.82) is 0 Å². The first-order chi connectivity index (χ1) is 9.20. The zero-order chi connectivity index (χ0) is 13.7. The molecule has 1 aromatic rings. The lowest BCUT2D eigenvalue weighted by Gasteiger charge is -2.31. The molecule has 1 aliphatic rings. The summed E-state index contributed by atoms with van der Waals surface area (Å²) in [5, 5.41) is 11.7. The maximum absolute atomic E-state index is 8.70. The van der Waals surface area contributed by atoms with E-state index in [4.69, 9.17) is 15.7 Å². The van der Waals surface area contributed by atoms with Gasteiger partial charge in [0.25, 0.3) is 0 Å². The van der Waals surface area contributed by atoms with Crippen molar-refractivity contribution in [2.45, 2.75) is 25.4 Å². The molecule has 0 saturated carbocycles. The maximum atomic E-state index is 8.70. The lowest BCUT2D eigenvalue weighted by atomic mass is 10.1. The van der Waals surface area contributed by atoms with Crippen molar-refractivity contribution in [1.82, 2.24) is 4.90 Å². The molecule has 104 valence electrons. The van der Waals surface area contributed by atoms with E-state index < -0.39 is 0 Å². The zero-order valence-corrected chi connectivity index (χ0v) is 11.2. The van der Waals surface area contributed by atoms with Crippen LogP contribution in [0, 0.1) is 0 Å². The molecule has 0 spiro atoms. The highest BCUT2D eigenvalue weighted by atomic mass is 16.5. The number of rotatable bonds is 4. The molecule has 0 aliphatic carbocycles. The average Bonchev–Trinajstić information content (AvgIpc) is 2.47. The molecule has 0 radical (unpaired) electrons. The second-order valence-electron chi connectivity index (χ2n) is 4.97. The second kappa shape index (κ2) is 6.54. The summed E-state index contributed by atoms with van der Waals surface area (Å²) < 4.78 is 5.51. The molecule has 1 unspecified atom stereocenters. The number of hydrogen-bond acceptors (Lipinski definition) is 4. The first kappa shape index (κ1) is 13.8. The number of ether oxygens (including phenoxy) is 1. The molecule has 1 atom stereocenters. The highest BCUT2D eigenvalue weighted by Crippen LogP contribution is 2.15. The molecule has 1 heterocycles. The van der Waals surface area contributed by atoms with E-state index in [-0.39, 0.29) is 5.84 Å². The molecule has 0 amide bonds. The summed E-state index contributed by atoms with van der Waals surface area (Å²) in [4.78, 5) is 2.30. The van der Waals surface area contributed by atoms with Gasteiger partial charge in [-0.05, 0) is 31.5 Å². The van der Waals surface area contributed by atoms with Gasteiger partial charge in [0.1, 0.15) is 0 Å².